The number of hydrogen-bond donors (Lipinski definition) is 3. The van der Waals surface area contributed by atoms with Crippen LogP contribution >= 0.6 is 0 Å². The summed E-state index contributed by atoms with van der Waals surface area (Å²) in [4.78, 5) is 0. The van der Waals surface area contributed by atoms with E-state index in [1.807, 2.05) is 62.4 Å². The van der Waals surface area contributed by atoms with E-state index < -0.39 is 6.10 Å². The molecule has 0 spiro atoms. The average molecular weight is 379 g/mol. The van der Waals surface area contributed by atoms with Gasteiger partial charge >= 0.3 is 0 Å². The highest BCUT2D eigenvalue weighted by Gasteiger charge is 2.08. The Bertz CT molecular complexity index is 924. The first kappa shape index (κ1) is 19.7. The molecule has 3 N–H and O–H groups in total. The van der Waals surface area contributed by atoms with Gasteiger partial charge < -0.3 is 15.2 Å². The predicted molar refractivity (Wildman–Crippen MR) is 112 cm³/mol. The number of aliphatic hydroxyl groups excluding tert-OH is 1. The lowest BCUT2D eigenvalue weighted by Crippen LogP contribution is -2.35. The van der Waals surface area contributed by atoms with Crippen molar-refractivity contribution in [1.29, 1.82) is 0 Å². The van der Waals surface area contributed by atoms with Gasteiger partial charge in [-0.3, -0.25) is 5.43 Å². The van der Waals surface area contributed by atoms with Gasteiger partial charge in [0.05, 0.1) is 12.4 Å². The number of aliphatic hydroxyl groups is 1. The Labute approximate surface area is 164 Å². The number of ether oxygens (including phenoxy) is 1. The number of benzene rings is 2. The molecule has 1 unspecified atom stereocenters. The smallest absolute Gasteiger partial charge is 0.176 e. The molecular weight excluding hydrogens is 354 g/mol. The summed E-state index contributed by atoms with van der Waals surface area (Å²) in [6.07, 6.45) is 2.79. The third-order valence-electron chi connectivity index (χ3n) is 4.06. The van der Waals surface area contributed by atoms with Gasteiger partial charge in [0.25, 0.3) is 0 Å². The molecule has 0 fully saturated rings. The summed E-state index contributed by atoms with van der Waals surface area (Å²) >= 11 is 0. The van der Waals surface area contributed by atoms with Crippen molar-refractivity contribution in [2.45, 2.75) is 26.0 Å². The molecule has 1 atom stereocenters. The molecule has 0 radical (unpaired) electrons. The normalized spacial score (nSPS) is 12.6. The van der Waals surface area contributed by atoms with Crippen LogP contribution in [0.5, 0.6) is 5.75 Å². The van der Waals surface area contributed by atoms with Gasteiger partial charge in [-0.2, -0.15) is 10.2 Å². The van der Waals surface area contributed by atoms with E-state index in [4.69, 9.17) is 4.74 Å². The molecule has 1 heterocycles. The fourth-order valence-electron chi connectivity index (χ4n) is 2.61. The largest absolute Gasteiger partial charge is 0.490 e. The maximum atomic E-state index is 10.0. The highest BCUT2D eigenvalue weighted by molar-refractivity contribution is 5.91. The van der Waals surface area contributed by atoms with E-state index >= 15 is 0 Å². The molecule has 0 bridgehead atoms. The molecule has 146 valence electrons. The number of hydrazone groups is 1. The highest BCUT2D eigenvalue weighted by atomic mass is 16.5. The summed E-state index contributed by atoms with van der Waals surface area (Å²) in [5.74, 6) is 1.24. The second-order valence-corrected chi connectivity index (χ2v) is 6.72. The minimum absolute atomic E-state index is 0.201. The van der Waals surface area contributed by atoms with Gasteiger partial charge in [0, 0.05) is 28.9 Å². The van der Waals surface area contributed by atoms with E-state index in [0.29, 0.717) is 24.2 Å². The molecule has 7 heteroatoms. The van der Waals surface area contributed by atoms with Gasteiger partial charge in [-0.1, -0.05) is 50.2 Å². The van der Waals surface area contributed by atoms with Crippen LogP contribution in [-0.2, 0) is 0 Å². The topological polar surface area (TPSA) is 91.7 Å². The van der Waals surface area contributed by atoms with Crippen LogP contribution in [0.3, 0.4) is 0 Å². The summed E-state index contributed by atoms with van der Waals surface area (Å²) in [5, 5.41) is 27.5. The van der Waals surface area contributed by atoms with Crippen molar-refractivity contribution in [3.8, 4) is 5.75 Å². The van der Waals surface area contributed by atoms with Crippen LogP contribution in [-0.4, -0.2) is 46.8 Å². The SMILES string of the molecule is CC(C)NCC(O)COc1ccccc1/C=N/Nc1nncc2ccccc12. The summed E-state index contributed by atoms with van der Waals surface area (Å²) in [5.41, 5.74) is 3.74. The molecule has 3 rings (SSSR count). The van der Waals surface area contributed by atoms with Crippen LogP contribution in [0.2, 0.25) is 0 Å². The summed E-state index contributed by atoms with van der Waals surface area (Å²) in [7, 11) is 0. The second-order valence-electron chi connectivity index (χ2n) is 6.72. The van der Waals surface area contributed by atoms with E-state index in [1.54, 1.807) is 12.4 Å². The summed E-state index contributed by atoms with van der Waals surface area (Å²) < 4.78 is 5.77. The van der Waals surface area contributed by atoms with Gasteiger partial charge in [-0.25, -0.2) is 0 Å². The minimum Gasteiger partial charge on any atom is -0.490 e. The molecule has 2 aromatic carbocycles. The molecule has 0 saturated carbocycles. The number of hydrogen-bond acceptors (Lipinski definition) is 7. The van der Waals surface area contributed by atoms with Crippen molar-refractivity contribution in [2.24, 2.45) is 5.10 Å². The standard InChI is InChI=1S/C21H25N5O2/c1-15(2)22-13-18(27)14-28-20-10-6-4-8-17(20)12-24-26-21-19-9-5-3-7-16(19)11-23-25-21/h3-12,15,18,22,27H,13-14H2,1-2H3,(H,25,26)/b24-12+. The first-order chi connectivity index (χ1) is 13.6. The monoisotopic (exact) mass is 379 g/mol. The zero-order chi connectivity index (χ0) is 19.8. The molecule has 0 saturated heterocycles. The van der Waals surface area contributed by atoms with Gasteiger partial charge in [0.15, 0.2) is 5.82 Å². The fourth-order valence-corrected chi connectivity index (χ4v) is 2.61. The molecule has 0 aliphatic rings. The number of para-hydroxylation sites is 1. The van der Waals surface area contributed by atoms with Crippen molar-refractivity contribution in [3.05, 3.63) is 60.3 Å². The first-order valence-corrected chi connectivity index (χ1v) is 9.26. The van der Waals surface area contributed by atoms with Crippen LogP contribution in [0, 0.1) is 0 Å². The quantitative estimate of drug-likeness (QED) is 0.391. The number of nitrogens with one attached hydrogen (secondary N) is 2. The highest BCUT2D eigenvalue weighted by Crippen LogP contribution is 2.20. The minimum atomic E-state index is -0.587. The Morgan fingerprint density at radius 3 is 2.79 bits per heavy atom. The third-order valence-corrected chi connectivity index (χ3v) is 4.06. The molecule has 0 amide bonds. The Morgan fingerprint density at radius 1 is 1.14 bits per heavy atom. The van der Waals surface area contributed by atoms with Crippen LogP contribution in [0.1, 0.15) is 19.4 Å². The fraction of sp³-hybridized carbons (Fsp3) is 0.286. The summed E-state index contributed by atoms with van der Waals surface area (Å²) in [6.45, 7) is 4.75. The van der Waals surface area contributed by atoms with Crippen molar-refractivity contribution in [2.75, 3.05) is 18.6 Å². The molecule has 3 aromatic rings. The van der Waals surface area contributed by atoms with Gasteiger partial charge in [0.2, 0.25) is 0 Å². The molecule has 0 aliphatic heterocycles. The maximum absolute atomic E-state index is 10.0. The Balaban J connectivity index is 1.64. The lowest BCUT2D eigenvalue weighted by atomic mass is 10.2. The van der Waals surface area contributed by atoms with Crippen molar-refractivity contribution >= 4 is 22.8 Å². The molecular formula is C21H25N5O2. The Morgan fingerprint density at radius 2 is 1.93 bits per heavy atom. The number of fused-ring (bicyclic) bond motifs is 1. The zero-order valence-electron chi connectivity index (χ0n) is 16.0. The third kappa shape index (κ3) is 5.48. The van der Waals surface area contributed by atoms with E-state index in [0.717, 1.165) is 16.3 Å². The van der Waals surface area contributed by atoms with Crippen LogP contribution < -0.4 is 15.5 Å². The van der Waals surface area contributed by atoms with E-state index in [-0.39, 0.29) is 6.61 Å². The number of aromatic nitrogens is 2. The number of anilines is 1. The molecule has 1 aromatic heterocycles. The first-order valence-electron chi connectivity index (χ1n) is 9.26. The van der Waals surface area contributed by atoms with Gasteiger partial charge in [-0.05, 0) is 12.1 Å². The van der Waals surface area contributed by atoms with Crippen LogP contribution in [0.4, 0.5) is 5.82 Å². The molecule has 7 nitrogen and oxygen atoms in total. The second kappa shape index (κ2) is 9.77. The Kier molecular flexibility index (Phi) is 6.89. The summed E-state index contributed by atoms with van der Waals surface area (Å²) in [6, 6.07) is 15.7. The van der Waals surface area contributed by atoms with Crippen molar-refractivity contribution < 1.29 is 9.84 Å². The van der Waals surface area contributed by atoms with Gasteiger partial charge in [0.1, 0.15) is 18.5 Å². The van der Waals surface area contributed by atoms with Crippen molar-refractivity contribution in [3.63, 3.8) is 0 Å². The van der Waals surface area contributed by atoms with Crippen LogP contribution in [0.25, 0.3) is 10.8 Å². The lowest BCUT2D eigenvalue weighted by molar-refractivity contribution is 0.104. The number of rotatable bonds is 9. The molecule has 28 heavy (non-hydrogen) atoms. The van der Waals surface area contributed by atoms with E-state index in [2.05, 4.69) is 26.0 Å². The average Bonchev–Trinajstić information content (AvgIpc) is 2.71. The van der Waals surface area contributed by atoms with Gasteiger partial charge in [-0.15, -0.1) is 5.10 Å². The zero-order valence-corrected chi connectivity index (χ0v) is 16.0. The number of nitrogens with zero attached hydrogens (tertiary/aromatic N) is 3. The Hall–Kier alpha value is -3.03. The van der Waals surface area contributed by atoms with Crippen molar-refractivity contribution in [1.82, 2.24) is 15.5 Å². The maximum Gasteiger partial charge on any atom is 0.176 e. The predicted octanol–water partition coefficient (Wildman–Crippen LogP) is 2.81. The molecule has 0 aliphatic carbocycles. The van der Waals surface area contributed by atoms with E-state index in [1.165, 1.54) is 0 Å². The lowest BCUT2D eigenvalue weighted by Gasteiger charge is -2.15. The van der Waals surface area contributed by atoms with E-state index in [9.17, 15) is 5.11 Å². The van der Waals surface area contributed by atoms with Crippen LogP contribution in [0.15, 0.2) is 59.8 Å².